The number of benzene rings is 3. The number of rotatable bonds is 5. The van der Waals surface area contributed by atoms with E-state index in [0.717, 1.165) is 35.9 Å². The molecule has 5 rings (SSSR count). The summed E-state index contributed by atoms with van der Waals surface area (Å²) >= 11 is 0. The van der Waals surface area contributed by atoms with Crippen LogP contribution in [0.25, 0.3) is 16.6 Å². The van der Waals surface area contributed by atoms with Gasteiger partial charge in [0.15, 0.2) is 0 Å². The van der Waals surface area contributed by atoms with Crippen molar-refractivity contribution < 1.29 is 19.8 Å². The van der Waals surface area contributed by atoms with Crippen LogP contribution in [0.4, 0.5) is 0 Å². The SMILES string of the molecule is CC(=NNC(=O)c1ccc(C(=O)O)cc1)c1c(O)n(-c2ccc3c(c2)CCC3)c2ccccc12. The fraction of sp³-hybridized carbons (Fsp3) is 0.148. The Balaban J connectivity index is 1.50. The summed E-state index contributed by atoms with van der Waals surface area (Å²) in [7, 11) is 0. The first kappa shape index (κ1) is 21.5. The number of carbonyl (C=O) groups is 2. The quantitative estimate of drug-likeness (QED) is 0.302. The molecule has 0 aliphatic heterocycles. The molecule has 0 bridgehead atoms. The van der Waals surface area contributed by atoms with Gasteiger partial charge in [0.05, 0.1) is 22.4 Å². The number of aromatic hydroxyl groups is 1. The molecule has 4 aromatic rings. The van der Waals surface area contributed by atoms with Gasteiger partial charge in [-0.2, -0.15) is 5.10 Å². The number of nitrogens with one attached hydrogen (secondary N) is 1. The van der Waals surface area contributed by atoms with Gasteiger partial charge in [-0.15, -0.1) is 0 Å². The van der Waals surface area contributed by atoms with Crippen LogP contribution in [0, 0.1) is 0 Å². The molecule has 1 aliphatic carbocycles. The van der Waals surface area contributed by atoms with Gasteiger partial charge in [-0.1, -0.05) is 24.3 Å². The minimum absolute atomic E-state index is 0.0560. The monoisotopic (exact) mass is 453 g/mol. The van der Waals surface area contributed by atoms with E-state index >= 15 is 0 Å². The number of carboxylic acid groups (broad SMARTS) is 1. The molecular weight excluding hydrogens is 430 g/mol. The van der Waals surface area contributed by atoms with E-state index in [0.29, 0.717) is 11.3 Å². The lowest BCUT2D eigenvalue weighted by atomic mass is 10.1. The fourth-order valence-corrected chi connectivity index (χ4v) is 4.56. The molecule has 0 saturated heterocycles. The molecule has 3 aromatic carbocycles. The van der Waals surface area contributed by atoms with Crippen LogP contribution in [0.15, 0.2) is 71.8 Å². The number of aromatic carboxylic acids is 1. The van der Waals surface area contributed by atoms with Crippen molar-refractivity contribution in [3.8, 4) is 11.6 Å². The van der Waals surface area contributed by atoms with E-state index in [1.807, 2.05) is 34.9 Å². The maximum absolute atomic E-state index is 12.5. The number of aryl methyl sites for hydroxylation is 2. The van der Waals surface area contributed by atoms with E-state index in [-0.39, 0.29) is 17.0 Å². The molecule has 34 heavy (non-hydrogen) atoms. The van der Waals surface area contributed by atoms with Gasteiger partial charge in [0.1, 0.15) is 0 Å². The maximum Gasteiger partial charge on any atom is 0.335 e. The van der Waals surface area contributed by atoms with Crippen molar-refractivity contribution in [2.24, 2.45) is 5.10 Å². The Bertz CT molecular complexity index is 1470. The molecule has 3 N–H and O–H groups in total. The second-order valence-electron chi connectivity index (χ2n) is 8.38. The van der Waals surface area contributed by atoms with Gasteiger partial charge >= 0.3 is 5.97 Å². The summed E-state index contributed by atoms with van der Waals surface area (Å²) < 4.78 is 1.81. The van der Waals surface area contributed by atoms with E-state index in [1.54, 1.807) is 6.92 Å². The van der Waals surface area contributed by atoms with Gasteiger partial charge in [0.25, 0.3) is 5.91 Å². The second-order valence-corrected chi connectivity index (χ2v) is 8.38. The molecular formula is C27H23N3O4. The Morgan fingerprint density at radius 1 is 0.941 bits per heavy atom. The van der Waals surface area contributed by atoms with Crippen molar-refractivity contribution in [2.75, 3.05) is 0 Å². The van der Waals surface area contributed by atoms with Crippen molar-refractivity contribution in [1.82, 2.24) is 9.99 Å². The molecule has 0 saturated carbocycles. The van der Waals surface area contributed by atoms with Crippen molar-refractivity contribution in [3.63, 3.8) is 0 Å². The van der Waals surface area contributed by atoms with E-state index in [1.165, 1.54) is 35.4 Å². The van der Waals surface area contributed by atoms with E-state index in [9.17, 15) is 14.7 Å². The molecule has 0 atom stereocenters. The van der Waals surface area contributed by atoms with Gasteiger partial charge in [-0.05, 0) is 79.8 Å². The predicted octanol–water partition coefficient (Wildman–Crippen LogP) is 4.68. The Labute approximate surface area is 196 Å². The number of para-hydroxylation sites is 1. The number of nitrogens with zero attached hydrogens (tertiary/aromatic N) is 2. The number of aromatic nitrogens is 1. The Morgan fingerprint density at radius 2 is 1.65 bits per heavy atom. The number of hydrogen-bond donors (Lipinski definition) is 3. The number of fused-ring (bicyclic) bond motifs is 2. The Kier molecular flexibility index (Phi) is 5.37. The highest BCUT2D eigenvalue weighted by Gasteiger charge is 2.21. The Hall–Kier alpha value is -4.39. The third-order valence-corrected chi connectivity index (χ3v) is 6.27. The third-order valence-electron chi connectivity index (χ3n) is 6.27. The normalized spacial score (nSPS) is 13.1. The first-order chi connectivity index (χ1) is 16.4. The van der Waals surface area contributed by atoms with E-state index in [4.69, 9.17) is 5.11 Å². The molecule has 170 valence electrons. The molecule has 0 spiro atoms. The van der Waals surface area contributed by atoms with E-state index in [2.05, 4.69) is 22.7 Å². The van der Waals surface area contributed by atoms with Crippen molar-refractivity contribution >= 4 is 28.5 Å². The van der Waals surface area contributed by atoms with Crippen LogP contribution in [-0.4, -0.2) is 32.4 Å². The summed E-state index contributed by atoms with van der Waals surface area (Å²) in [4.78, 5) is 23.5. The average Bonchev–Trinajstić information content (AvgIpc) is 3.43. The second kappa shape index (κ2) is 8.51. The van der Waals surface area contributed by atoms with Crippen molar-refractivity contribution in [1.29, 1.82) is 0 Å². The van der Waals surface area contributed by atoms with Crippen LogP contribution >= 0.6 is 0 Å². The maximum atomic E-state index is 12.5. The minimum Gasteiger partial charge on any atom is -0.494 e. The van der Waals surface area contributed by atoms with Gasteiger partial charge in [0, 0.05) is 16.6 Å². The molecule has 7 heteroatoms. The highest BCUT2D eigenvalue weighted by Crippen LogP contribution is 2.36. The number of amides is 1. The molecule has 7 nitrogen and oxygen atoms in total. The minimum atomic E-state index is -1.06. The summed E-state index contributed by atoms with van der Waals surface area (Å²) in [5, 5.41) is 25.3. The standard InChI is InChI=1S/C27H23N3O4/c1-16(28-29-25(31)18-9-11-19(12-10-18)27(33)34)24-22-7-2-3-8-23(22)30(26(24)32)21-14-13-17-5-4-6-20(17)15-21/h2-3,7-15,32H,4-6H2,1H3,(H,29,31)(H,33,34). The summed E-state index contributed by atoms with van der Waals surface area (Å²) in [6.07, 6.45) is 3.27. The van der Waals surface area contributed by atoms with Crippen LogP contribution in [0.5, 0.6) is 5.88 Å². The zero-order valence-corrected chi connectivity index (χ0v) is 18.6. The van der Waals surface area contributed by atoms with Gasteiger partial charge in [-0.3, -0.25) is 9.36 Å². The number of carbonyl (C=O) groups excluding carboxylic acids is 1. The summed E-state index contributed by atoms with van der Waals surface area (Å²) in [5.74, 6) is -1.48. The molecule has 0 fully saturated rings. The van der Waals surface area contributed by atoms with Crippen LogP contribution in [-0.2, 0) is 12.8 Å². The fourth-order valence-electron chi connectivity index (χ4n) is 4.56. The lowest BCUT2D eigenvalue weighted by Gasteiger charge is -2.10. The van der Waals surface area contributed by atoms with Gasteiger partial charge < -0.3 is 10.2 Å². The van der Waals surface area contributed by atoms with Gasteiger partial charge in [0.2, 0.25) is 5.88 Å². The highest BCUT2D eigenvalue weighted by atomic mass is 16.4. The lowest BCUT2D eigenvalue weighted by molar-refractivity contribution is 0.0696. The molecule has 1 amide bonds. The Morgan fingerprint density at radius 3 is 2.41 bits per heavy atom. The van der Waals surface area contributed by atoms with Crippen LogP contribution < -0.4 is 5.43 Å². The summed E-state index contributed by atoms with van der Waals surface area (Å²) in [6.45, 7) is 1.72. The molecule has 1 aliphatic rings. The first-order valence-electron chi connectivity index (χ1n) is 11.1. The number of hydrogen-bond acceptors (Lipinski definition) is 4. The predicted molar refractivity (Wildman–Crippen MR) is 130 cm³/mol. The zero-order valence-electron chi connectivity index (χ0n) is 18.6. The van der Waals surface area contributed by atoms with Crippen molar-refractivity contribution in [2.45, 2.75) is 26.2 Å². The van der Waals surface area contributed by atoms with E-state index < -0.39 is 11.9 Å². The zero-order chi connectivity index (χ0) is 23.8. The van der Waals surface area contributed by atoms with Gasteiger partial charge in [-0.25, -0.2) is 10.2 Å². The summed E-state index contributed by atoms with van der Waals surface area (Å²) in [6, 6.07) is 19.6. The first-order valence-corrected chi connectivity index (χ1v) is 11.1. The largest absolute Gasteiger partial charge is 0.494 e. The lowest BCUT2D eigenvalue weighted by Crippen LogP contribution is -2.19. The van der Waals surface area contributed by atoms with Crippen molar-refractivity contribution in [3.05, 3.63) is 94.5 Å². The average molecular weight is 453 g/mol. The number of carboxylic acids is 1. The van der Waals surface area contributed by atoms with Crippen LogP contribution in [0.2, 0.25) is 0 Å². The highest BCUT2D eigenvalue weighted by molar-refractivity contribution is 6.13. The van der Waals surface area contributed by atoms with Crippen LogP contribution in [0.1, 0.15) is 50.8 Å². The third kappa shape index (κ3) is 3.71. The molecule has 1 heterocycles. The molecule has 1 aromatic heterocycles. The molecule has 0 unspecified atom stereocenters. The smallest absolute Gasteiger partial charge is 0.335 e. The summed E-state index contributed by atoms with van der Waals surface area (Å²) in [5.41, 5.74) is 8.27. The van der Waals surface area contributed by atoms with Crippen LogP contribution in [0.3, 0.4) is 0 Å². The number of hydrazone groups is 1. The molecule has 0 radical (unpaired) electrons. The topological polar surface area (TPSA) is 104 Å².